The van der Waals surface area contributed by atoms with Crippen molar-refractivity contribution in [1.29, 1.82) is 0 Å². The third-order valence-electron chi connectivity index (χ3n) is 13.1. The van der Waals surface area contributed by atoms with Gasteiger partial charge in [0.05, 0.1) is 35.6 Å². The van der Waals surface area contributed by atoms with E-state index < -0.39 is 137 Å². The summed E-state index contributed by atoms with van der Waals surface area (Å²) in [5.74, 6) is -7.52. The smallest absolute Gasteiger partial charge is 0.408 e. The van der Waals surface area contributed by atoms with Crippen LogP contribution in [0, 0.1) is 16.7 Å². The molecule has 1 aliphatic heterocycles. The number of aliphatic hydroxyl groups excluding tert-OH is 4. The fraction of sp³-hybridized carbons (Fsp3) is 0.562. The zero-order valence-electron chi connectivity index (χ0n) is 39.9. The van der Waals surface area contributed by atoms with Crippen molar-refractivity contribution in [3.63, 3.8) is 0 Å². The molecule has 1 heterocycles. The molecular formula is C48H64N2O19. The number of rotatable bonds is 10. The number of benzene rings is 2. The highest BCUT2D eigenvalue weighted by molar-refractivity contribution is 5.94. The Labute approximate surface area is 398 Å². The number of hydrogen-bond acceptors (Lipinski definition) is 18. The zero-order chi connectivity index (χ0) is 52.2. The van der Waals surface area contributed by atoms with Gasteiger partial charge in [-0.25, -0.2) is 19.2 Å². The Morgan fingerprint density at radius 3 is 1.94 bits per heavy atom. The number of amides is 1. The van der Waals surface area contributed by atoms with Crippen LogP contribution >= 0.6 is 0 Å². The molecule has 2 aromatic rings. The summed E-state index contributed by atoms with van der Waals surface area (Å²) in [5, 5.41) is 74.4. The fourth-order valence-corrected chi connectivity index (χ4v) is 9.56. The number of aliphatic carboxylic acids is 2. The number of alkyl carbamates (subject to hydrolysis) is 1. The van der Waals surface area contributed by atoms with E-state index in [0.29, 0.717) is 5.56 Å². The maximum atomic E-state index is 14.9. The number of ether oxygens (including phenoxy) is 5. The maximum Gasteiger partial charge on any atom is 0.408 e. The standard InChI is InChI=1S/C43H53NO14.C3H7NO2.C2H4O3/c1-22-26(55-37(51)32(48)30(24-15-11-9-12-16-24)44-38(52)58-39(3,4)5)20-43(53)35(56-36(50)25-17-13-10-14-18-25)33-41(8,34(49)31(47)29(22)40(43,6)7)27(46)19-28-42(33,21-54-28)57-23(2)45;1-2(4)3(5)6;3-1-2(4)5/h9-18,26-28,30-33,35,46-48,53H,19-21H2,1-8H3,(H,44,52);2H,4H2,1H3,(H,5,6);3H,1H2,(H,4,5)/t26-,27-,28+,30-,31+,32?,33-,35-,41+,42-,43+;;/m0../s1. The van der Waals surface area contributed by atoms with Crippen molar-refractivity contribution in [2.75, 3.05) is 13.2 Å². The van der Waals surface area contributed by atoms with Gasteiger partial charge in [0.15, 0.2) is 17.5 Å². The molecule has 1 amide bonds. The molecule has 4 aliphatic rings. The van der Waals surface area contributed by atoms with Crippen LogP contribution in [0.1, 0.15) is 97.1 Å². The topological polar surface area (TPSA) is 345 Å². The molecule has 2 unspecified atom stereocenters. The van der Waals surface area contributed by atoms with Gasteiger partial charge < -0.3 is 70.5 Å². The van der Waals surface area contributed by atoms with E-state index in [9.17, 15) is 49.2 Å². The van der Waals surface area contributed by atoms with Crippen molar-refractivity contribution >= 4 is 41.7 Å². The average molecular weight is 973 g/mol. The van der Waals surface area contributed by atoms with Gasteiger partial charge in [0, 0.05) is 25.2 Å². The molecule has 10 N–H and O–H groups in total. The number of ketones is 1. The Morgan fingerprint density at radius 1 is 0.942 bits per heavy atom. The van der Waals surface area contributed by atoms with Crippen molar-refractivity contribution < 1.29 is 93.0 Å². The van der Waals surface area contributed by atoms with E-state index in [2.05, 4.69) is 5.32 Å². The van der Waals surface area contributed by atoms with Crippen molar-refractivity contribution in [3.05, 3.63) is 82.9 Å². The van der Waals surface area contributed by atoms with E-state index in [1.165, 1.54) is 32.9 Å². The summed E-state index contributed by atoms with van der Waals surface area (Å²) in [7, 11) is 0. The van der Waals surface area contributed by atoms with Gasteiger partial charge in [-0.3, -0.25) is 14.4 Å². The molecule has 380 valence electrons. The second-order valence-electron chi connectivity index (χ2n) is 19.3. The number of Topliss-reactive ketones (excluding diaryl/α,β-unsaturated/α-hetero) is 1. The molecule has 1 saturated heterocycles. The highest BCUT2D eigenvalue weighted by Crippen LogP contribution is 2.64. The lowest BCUT2D eigenvalue weighted by atomic mass is 9.44. The lowest BCUT2D eigenvalue weighted by Gasteiger charge is -2.67. The summed E-state index contributed by atoms with van der Waals surface area (Å²) < 4.78 is 29.5. The Hall–Kier alpha value is -5.81. The number of hydrogen-bond donors (Lipinski definition) is 9. The summed E-state index contributed by atoms with van der Waals surface area (Å²) in [6.45, 7) is 12.4. The molecular weight excluding hydrogens is 909 g/mol. The predicted molar refractivity (Wildman–Crippen MR) is 240 cm³/mol. The lowest BCUT2D eigenvalue weighted by molar-refractivity contribution is -0.346. The number of nitrogens with two attached hydrogens (primary N) is 1. The van der Waals surface area contributed by atoms with Gasteiger partial charge in [0.25, 0.3) is 0 Å². The van der Waals surface area contributed by atoms with Crippen LogP contribution in [0.25, 0.3) is 0 Å². The van der Waals surface area contributed by atoms with Crippen molar-refractivity contribution in [1.82, 2.24) is 5.32 Å². The van der Waals surface area contributed by atoms with Crippen LogP contribution in [0.15, 0.2) is 71.8 Å². The lowest BCUT2D eigenvalue weighted by Crippen LogP contribution is -2.81. The Morgan fingerprint density at radius 2 is 1.48 bits per heavy atom. The van der Waals surface area contributed by atoms with Crippen LogP contribution in [-0.2, 0) is 47.7 Å². The molecule has 3 aliphatic carbocycles. The quantitative estimate of drug-likeness (QED) is 0.0930. The SMILES string of the molecule is CC(=O)O[C@@]12CO[C@@H]1C[C@H](O)[C@@]1(C)C(=O)[C@H](O)C3=C(C)[C@@H](OC(=O)C(O)[C@@H](NC(=O)OC(C)(C)C)c4ccccc4)C[C@@](O)([C@@H](OC(=O)c4ccccc4)[C@H]21)C3(C)C.CC(N)C(=O)O.O=C(O)CO. The molecule has 0 aromatic heterocycles. The van der Waals surface area contributed by atoms with E-state index in [1.54, 1.807) is 83.1 Å². The maximum absolute atomic E-state index is 14.9. The Kier molecular flexibility index (Phi) is 17.3. The first kappa shape index (κ1) is 55.8. The molecule has 69 heavy (non-hydrogen) atoms. The van der Waals surface area contributed by atoms with Crippen molar-refractivity contribution in [2.24, 2.45) is 22.5 Å². The number of fused-ring (bicyclic) bond motifs is 5. The average Bonchev–Trinajstić information content (AvgIpc) is 3.26. The zero-order valence-corrected chi connectivity index (χ0v) is 39.9. The minimum atomic E-state index is -2.35. The summed E-state index contributed by atoms with van der Waals surface area (Å²) >= 11 is 0. The fourth-order valence-electron chi connectivity index (χ4n) is 9.56. The van der Waals surface area contributed by atoms with Crippen molar-refractivity contribution in [3.8, 4) is 0 Å². The molecule has 21 heteroatoms. The van der Waals surface area contributed by atoms with E-state index in [4.69, 9.17) is 49.5 Å². The molecule has 0 radical (unpaired) electrons. The molecule has 3 fully saturated rings. The molecule has 12 atom stereocenters. The summed E-state index contributed by atoms with van der Waals surface area (Å²) in [5.41, 5.74) is -3.30. The number of nitrogens with one attached hydrogen (secondary N) is 1. The van der Waals surface area contributed by atoms with Crippen LogP contribution in [-0.4, -0.2) is 150 Å². The molecule has 0 spiro atoms. The minimum Gasteiger partial charge on any atom is -0.480 e. The van der Waals surface area contributed by atoms with E-state index in [1.807, 2.05) is 0 Å². The van der Waals surface area contributed by atoms with E-state index >= 15 is 0 Å². The van der Waals surface area contributed by atoms with E-state index in [0.717, 1.165) is 6.92 Å². The van der Waals surface area contributed by atoms with E-state index in [-0.39, 0.29) is 29.7 Å². The largest absolute Gasteiger partial charge is 0.480 e. The number of carbonyl (C=O) groups is 7. The second-order valence-corrected chi connectivity index (χ2v) is 19.3. The number of carbonyl (C=O) groups excluding carboxylic acids is 5. The molecule has 21 nitrogen and oxygen atoms in total. The number of carboxylic acids is 2. The molecule has 2 aromatic carbocycles. The van der Waals surface area contributed by atoms with Gasteiger partial charge in [-0.2, -0.15) is 0 Å². The van der Waals surface area contributed by atoms with Crippen LogP contribution in [0.3, 0.4) is 0 Å². The minimum absolute atomic E-state index is 0.0637. The van der Waals surface area contributed by atoms with Gasteiger partial charge in [-0.1, -0.05) is 62.4 Å². The number of carboxylic acid groups (broad SMARTS) is 2. The van der Waals surface area contributed by atoms with Gasteiger partial charge in [0.2, 0.25) is 0 Å². The van der Waals surface area contributed by atoms with Crippen molar-refractivity contribution in [2.45, 2.75) is 141 Å². The summed E-state index contributed by atoms with van der Waals surface area (Å²) in [4.78, 5) is 87.6. The summed E-state index contributed by atoms with van der Waals surface area (Å²) in [6, 6.07) is 13.9. The normalized spacial score (nSPS) is 30.0. The first-order valence-electron chi connectivity index (χ1n) is 22.1. The highest BCUT2D eigenvalue weighted by atomic mass is 16.6. The monoisotopic (exact) mass is 972 g/mol. The molecule has 6 rings (SSSR count). The summed E-state index contributed by atoms with van der Waals surface area (Å²) in [6.07, 6.45) is -11.5. The Bertz CT molecular complexity index is 2260. The first-order chi connectivity index (χ1) is 31.9. The van der Waals surface area contributed by atoms with Gasteiger partial charge in [0.1, 0.15) is 48.3 Å². The highest BCUT2D eigenvalue weighted by Gasteiger charge is 2.78. The van der Waals surface area contributed by atoms with Crippen LogP contribution in [0.2, 0.25) is 0 Å². The third-order valence-corrected chi connectivity index (χ3v) is 13.1. The Balaban J connectivity index is 0.000000845. The predicted octanol–water partition coefficient (Wildman–Crippen LogP) is 1.74. The van der Waals surface area contributed by atoms with Crippen LogP contribution in [0.4, 0.5) is 4.79 Å². The first-order valence-corrected chi connectivity index (χ1v) is 22.1. The molecule has 2 saturated carbocycles. The van der Waals surface area contributed by atoms with Crippen LogP contribution in [0.5, 0.6) is 0 Å². The second kappa shape index (κ2) is 21.5. The number of aliphatic hydroxyl groups is 5. The van der Waals surface area contributed by atoms with Gasteiger partial charge in [-0.15, -0.1) is 0 Å². The van der Waals surface area contributed by atoms with Gasteiger partial charge >= 0.3 is 35.9 Å². The number of esters is 3. The third kappa shape index (κ3) is 11.5. The van der Waals surface area contributed by atoms with Gasteiger partial charge in [-0.05, 0) is 70.4 Å². The van der Waals surface area contributed by atoms with Crippen LogP contribution < -0.4 is 11.1 Å². The molecule has 2 bridgehead atoms.